The monoisotopic (exact) mass is 302 g/mol. The van der Waals surface area contributed by atoms with E-state index in [1.165, 1.54) is 0 Å². The first-order chi connectivity index (χ1) is 8.75. The van der Waals surface area contributed by atoms with Crippen LogP contribution in [-0.2, 0) is 0 Å². The van der Waals surface area contributed by atoms with Gasteiger partial charge in [0, 0.05) is 27.8 Å². The van der Waals surface area contributed by atoms with Crippen molar-refractivity contribution in [2.45, 2.75) is 6.10 Å². The van der Waals surface area contributed by atoms with Crippen molar-refractivity contribution in [2.24, 2.45) is 0 Å². The number of fused-ring (bicyclic) bond motifs is 1. The Morgan fingerprint density at radius 3 is 3.00 bits per heavy atom. The van der Waals surface area contributed by atoms with Crippen LogP contribution in [0.1, 0.15) is 17.2 Å². The van der Waals surface area contributed by atoms with E-state index in [0.29, 0.717) is 0 Å². The molecule has 18 heavy (non-hydrogen) atoms. The highest BCUT2D eigenvalue weighted by Crippen LogP contribution is 2.29. The number of hydrogen-bond acceptors (Lipinski definition) is 2. The second-order valence-corrected chi connectivity index (χ2v) is 5.04. The van der Waals surface area contributed by atoms with E-state index in [9.17, 15) is 5.11 Å². The molecule has 90 valence electrons. The summed E-state index contributed by atoms with van der Waals surface area (Å²) in [4.78, 5) is 7.17. The maximum absolute atomic E-state index is 10.4. The summed E-state index contributed by atoms with van der Waals surface area (Å²) in [6.45, 7) is 0. The van der Waals surface area contributed by atoms with Crippen LogP contribution < -0.4 is 0 Å². The topological polar surface area (TPSA) is 48.9 Å². The number of rotatable bonds is 2. The van der Waals surface area contributed by atoms with Gasteiger partial charge < -0.3 is 10.1 Å². The van der Waals surface area contributed by atoms with Crippen LogP contribution in [0.25, 0.3) is 10.9 Å². The van der Waals surface area contributed by atoms with Gasteiger partial charge in [-0.3, -0.25) is 4.98 Å². The Balaban J connectivity index is 2.09. The molecule has 2 N–H and O–H groups in total. The number of H-pyrrole nitrogens is 1. The zero-order valence-electron chi connectivity index (χ0n) is 9.47. The van der Waals surface area contributed by atoms with Gasteiger partial charge in [0.1, 0.15) is 6.10 Å². The Bertz CT molecular complexity index is 693. The molecule has 3 rings (SSSR count). The standard InChI is InChI=1S/C14H11BrN2O/c15-10-3-1-2-9(6-10)14(18)12-7-17-13-8-16-5-4-11(12)13/h1-8,14,17-18H. The van der Waals surface area contributed by atoms with Crippen molar-refractivity contribution in [3.63, 3.8) is 0 Å². The van der Waals surface area contributed by atoms with Crippen molar-refractivity contribution in [3.05, 3.63) is 64.5 Å². The molecule has 0 bridgehead atoms. The van der Waals surface area contributed by atoms with E-state index < -0.39 is 6.10 Å². The molecule has 3 nitrogen and oxygen atoms in total. The van der Waals surface area contributed by atoms with Gasteiger partial charge in [-0.1, -0.05) is 28.1 Å². The first-order valence-corrected chi connectivity index (χ1v) is 6.39. The molecule has 0 radical (unpaired) electrons. The van der Waals surface area contributed by atoms with Crippen LogP contribution in [0.2, 0.25) is 0 Å². The molecule has 0 aliphatic carbocycles. The van der Waals surface area contributed by atoms with Crippen molar-refractivity contribution in [1.29, 1.82) is 0 Å². The summed E-state index contributed by atoms with van der Waals surface area (Å²) in [7, 11) is 0. The minimum Gasteiger partial charge on any atom is -0.384 e. The van der Waals surface area contributed by atoms with Crippen LogP contribution in [0.5, 0.6) is 0 Å². The second-order valence-electron chi connectivity index (χ2n) is 4.12. The number of nitrogens with one attached hydrogen (secondary N) is 1. The predicted molar refractivity (Wildman–Crippen MR) is 74.3 cm³/mol. The summed E-state index contributed by atoms with van der Waals surface area (Å²) in [5.41, 5.74) is 2.66. The van der Waals surface area contributed by atoms with Gasteiger partial charge in [0.15, 0.2) is 0 Å². The third kappa shape index (κ3) is 1.94. The molecule has 3 aromatic rings. The SMILES string of the molecule is OC(c1cccc(Br)c1)c1c[nH]c2cnccc12. The van der Waals surface area contributed by atoms with E-state index in [-0.39, 0.29) is 0 Å². The largest absolute Gasteiger partial charge is 0.384 e. The first-order valence-electron chi connectivity index (χ1n) is 5.60. The Morgan fingerprint density at radius 1 is 1.28 bits per heavy atom. The number of nitrogens with zero attached hydrogens (tertiary/aromatic N) is 1. The fourth-order valence-electron chi connectivity index (χ4n) is 2.08. The number of pyridine rings is 1. The fourth-order valence-corrected chi connectivity index (χ4v) is 2.49. The number of aromatic amines is 1. The van der Waals surface area contributed by atoms with Crippen LogP contribution in [0.4, 0.5) is 0 Å². The average molecular weight is 303 g/mol. The Labute approximate surface area is 113 Å². The molecule has 2 heterocycles. The highest BCUT2D eigenvalue weighted by atomic mass is 79.9. The molecule has 0 saturated carbocycles. The molecule has 1 aromatic carbocycles. The first kappa shape index (κ1) is 11.4. The van der Waals surface area contributed by atoms with Crippen LogP contribution in [-0.4, -0.2) is 15.1 Å². The highest BCUT2D eigenvalue weighted by molar-refractivity contribution is 9.10. The number of halogens is 1. The summed E-state index contributed by atoms with van der Waals surface area (Å²) in [6, 6.07) is 9.59. The average Bonchev–Trinajstić information content (AvgIpc) is 2.82. The maximum atomic E-state index is 10.4. The van der Waals surface area contributed by atoms with Gasteiger partial charge in [-0.25, -0.2) is 0 Å². The minimum atomic E-state index is -0.640. The Kier molecular flexibility index (Phi) is 2.89. The summed E-state index contributed by atoms with van der Waals surface area (Å²) in [5.74, 6) is 0. The lowest BCUT2D eigenvalue weighted by Crippen LogP contribution is -1.98. The molecule has 2 aromatic heterocycles. The maximum Gasteiger partial charge on any atom is 0.106 e. The lowest BCUT2D eigenvalue weighted by atomic mass is 10.0. The van der Waals surface area contributed by atoms with E-state index in [1.54, 1.807) is 12.4 Å². The number of aliphatic hydroxyl groups is 1. The van der Waals surface area contributed by atoms with Gasteiger partial charge in [-0.15, -0.1) is 0 Å². The molecule has 4 heteroatoms. The third-order valence-electron chi connectivity index (χ3n) is 2.97. The Morgan fingerprint density at radius 2 is 2.17 bits per heavy atom. The quantitative estimate of drug-likeness (QED) is 0.762. The van der Waals surface area contributed by atoms with Gasteiger partial charge in [0.2, 0.25) is 0 Å². The lowest BCUT2D eigenvalue weighted by Gasteiger charge is -2.10. The van der Waals surface area contributed by atoms with E-state index in [4.69, 9.17) is 0 Å². The summed E-state index contributed by atoms with van der Waals surface area (Å²) < 4.78 is 0.959. The van der Waals surface area contributed by atoms with Gasteiger partial charge in [-0.05, 0) is 23.8 Å². The van der Waals surface area contributed by atoms with Crippen molar-refractivity contribution >= 4 is 26.8 Å². The summed E-state index contributed by atoms with van der Waals surface area (Å²) >= 11 is 3.41. The third-order valence-corrected chi connectivity index (χ3v) is 3.47. The molecule has 0 fully saturated rings. The van der Waals surface area contributed by atoms with Crippen LogP contribution in [0.15, 0.2) is 53.4 Å². The van der Waals surface area contributed by atoms with Gasteiger partial charge in [-0.2, -0.15) is 0 Å². The van der Waals surface area contributed by atoms with E-state index in [1.807, 2.05) is 36.5 Å². The van der Waals surface area contributed by atoms with Gasteiger partial charge in [0.25, 0.3) is 0 Å². The number of aliphatic hydroxyl groups excluding tert-OH is 1. The van der Waals surface area contributed by atoms with Crippen LogP contribution >= 0.6 is 15.9 Å². The molecule has 0 aliphatic heterocycles. The number of hydrogen-bond donors (Lipinski definition) is 2. The van der Waals surface area contributed by atoms with Gasteiger partial charge >= 0.3 is 0 Å². The van der Waals surface area contributed by atoms with E-state index in [0.717, 1.165) is 26.5 Å². The van der Waals surface area contributed by atoms with Crippen molar-refractivity contribution in [3.8, 4) is 0 Å². The number of aromatic nitrogens is 2. The minimum absolute atomic E-state index is 0.640. The molecule has 0 aliphatic rings. The van der Waals surface area contributed by atoms with E-state index in [2.05, 4.69) is 25.9 Å². The van der Waals surface area contributed by atoms with Crippen molar-refractivity contribution in [2.75, 3.05) is 0 Å². The zero-order chi connectivity index (χ0) is 12.5. The zero-order valence-corrected chi connectivity index (χ0v) is 11.1. The predicted octanol–water partition coefficient (Wildman–Crippen LogP) is 3.41. The molecule has 0 saturated heterocycles. The molecular formula is C14H11BrN2O. The summed E-state index contributed by atoms with van der Waals surface area (Å²) in [6.07, 6.45) is 4.68. The molecule has 1 unspecified atom stereocenters. The highest BCUT2D eigenvalue weighted by Gasteiger charge is 2.15. The molecule has 1 atom stereocenters. The normalized spacial score (nSPS) is 12.8. The second kappa shape index (κ2) is 4.55. The number of benzene rings is 1. The molecule has 0 spiro atoms. The van der Waals surface area contributed by atoms with Crippen LogP contribution in [0, 0.1) is 0 Å². The molecule has 0 amide bonds. The molecular weight excluding hydrogens is 292 g/mol. The van der Waals surface area contributed by atoms with E-state index >= 15 is 0 Å². The smallest absolute Gasteiger partial charge is 0.106 e. The fraction of sp³-hybridized carbons (Fsp3) is 0.0714. The van der Waals surface area contributed by atoms with Crippen molar-refractivity contribution < 1.29 is 5.11 Å². The lowest BCUT2D eigenvalue weighted by molar-refractivity contribution is 0.222. The van der Waals surface area contributed by atoms with Crippen molar-refractivity contribution in [1.82, 2.24) is 9.97 Å². The van der Waals surface area contributed by atoms with Gasteiger partial charge in [0.05, 0.1) is 11.7 Å². The van der Waals surface area contributed by atoms with Crippen LogP contribution in [0.3, 0.4) is 0 Å². The summed E-state index contributed by atoms with van der Waals surface area (Å²) in [5, 5.41) is 11.4. The Hall–Kier alpha value is -1.65.